The minimum absolute atomic E-state index is 0.0595. The lowest BCUT2D eigenvalue weighted by Gasteiger charge is -2.67. The molecule has 0 saturated heterocycles. The van der Waals surface area contributed by atoms with Gasteiger partial charge in [-0.2, -0.15) is 0 Å². The molecule has 3 N–H and O–H groups in total. The van der Waals surface area contributed by atoms with Crippen LogP contribution < -0.4 is 5.73 Å². The largest absolute Gasteiger partial charge is 0.392 e. The summed E-state index contributed by atoms with van der Waals surface area (Å²) in [5.74, 6) is 0.840. The SMILES string of the molecule is C[C@]12CCC(=O)C=C1CC[C@]1(C)[C@@H]2CC[C@]2(C)[C@@H](O)CC[C@@]12N. The Kier molecular flexibility index (Phi) is 3.09. The van der Waals surface area contributed by atoms with E-state index in [0.717, 1.165) is 44.9 Å². The highest BCUT2D eigenvalue weighted by Gasteiger charge is 2.70. The van der Waals surface area contributed by atoms with E-state index in [2.05, 4.69) is 20.8 Å². The number of carbonyl (C=O) groups is 1. The fourth-order valence-electron chi connectivity index (χ4n) is 7.21. The molecule has 0 aliphatic heterocycles. The number of fused-ring (bicyclic) bond motifs is 5. The van der Waals surface area contributed by atoms with Gasteiger partial charge in [-0.15, -0.1) is 0 Å². The maximum atomic E-state index is 11.9. The quantitative estimate of drug-likeness (QED) is 0.720. The maximum Gasteiger partial charge on any atom is 0.155 e. The van der Waals surface area contributed by atoms with Crippen molar-refractivity contribution in [3.8, 4) is 0 Å². The first-order valence-electron chi connectivity index (χ1n) is 9.38. The molecule has 0 spiro atoms. The van der Waals surface area contributed by atoms with Crippen molar-refractivity contribution in [2.45, 2.75) is 83.8 Å². The summed E-state index contributed by atoms with van der Waals surface area (Å²) in [6.07, 6.45) is 9.33. The Morgan fingerprint density at radius 2 is 1.78 bits per heavy atom. The van der Waals surface area contributed by atoms with E-state index in [1.54, 1.807) is 0 Å². The zero-order chi connectivity index (χ0) is 16.7. The number of rotatable bonds is 0. The highest BCUT2D eigenvalue weighted by atomic mass is 16.3. The molecule has 3 fully saturated rings. The Morgan fingerprint density at radius 3 is 2.52 bits per heavy atom. The molecule has 0 aromatic heterocycles. The monoisotopic (exact) mass is 317 g/mol. The fraction of sp³-hybridized carbons (Fsp3) is 0.850. The van der Waals surface area contributed by atoms with Crippen molar-refractivity contribution in [2.75, 3.05) is 0 Å². The molecule has 0 heterocycles. The minimum atomic E-state index is -0.279. The van der Waals surface area contributed by atoms with Gasteiger partial charge in [-0.05, 0) is 67.8 Å². The number of hydrogen-bond acceptors (Lipinski definition) is 3. The van der Waals surface area contributed by atoms with Gasteiger partial charge < -0.3 is 10.8 Å². The van der Waals surface area contributed by atoms with Crippen LogP contribution in [0.25, 0.3) is 0 Å². The summed E-state index contributed by atoms with van der Waals surface area (Å²) in [4.78, 5) is 11.9. The predicted octanol–water partition coefficient (Wildman–Crippen LogP) is 3.35. The minimum Gasteiger partial charge on any atom is -0.392 e. The molecule has 23 heavy (non-hydrogen) atoms. The zero-order valence-corrected chi connectivity index (χ0v) is 14.8. The van der Waals surface area contributed by atoms with E-state index >= 15 is 0 Å². The molecule has 0 bridgehead atoms. The van der Waals surface area contributed by atoms with Gasteiger partial charge in [-0.1, -0.05) is 26.3 Å². The first kappa shape index (κ1) is 15.8. The highest BCUT2D eigenvalue weighted by molar-refractivity contribution is 5.91. The van der Waals surface area contributed by atoms with Crippen molar-refractivity contribution in [3.63, 3.8) is 0 Å². The van der Waals surface area contributed by atoms with E-state index in [1.165, 1.54) is 5.57 Å². The molecular formula is C20H31NO2. The van der Waals surface area contributed by atoms with Crippen molar-refractivity contribution >= 4 is 5.78 Å². The van der Waals surface area contributed by atoms with Crippen molar-refractivity contribution in [3.05, 3.63) is 11.6 Å². The fourth-order valence-corrected chi connectivity index (χ4v) is 7.21. The molecule has 4 aliphatic rings. The van der Waals surface area contributed by atoms with Crippen LogP contribution in [0.4, 0.5) is 0 Å². The Bertz CT molecular complexity index is 598. The Hall–Kier alpha value is -0.670. The molecule has 3 saturated carbocycles. The Morgan fingerprint density at radius 1 is 1.04 bits per heavy atom. The van der Waals surface area contributed by atoms with Crippen LogP contribution in [0.3, 0.4) is 0 Å². The molecule has 0 radical (unpaired) electrons. The van der Waals surface area contributed by atoms with Crippen molar-refractivity contribution < 1.29 is 9.90 Å². The first-order chi connectivity index (χ1) is 10.7. The predicted molar refractivity (Wildman–Crippen MR) is 90.8 cm³/mol. The normalized spacial score (nSPS) is 55.7. The molecule has 3 nitrogen and oxygen atoms in total. The summed E-state index contributed by atoms with van der Waals surface area (Å²) in [5.41, 5.74) is 8.27. The topological polar surface area (TPSA) is 63.3 Å². The van der Waals surface area contributed by atoms with E-state index in [4.69, 9.17) is 5.73 Å². The van der Waals surface area contributed by atoms with Gasteiger partial charge in [0.2, 0.25) is 0 Å². The molecule has 0 amide bonds. The van der Waals surface area contributed by atoms with Crippen LogP contribution in [-0.2, 0) is 4.79 Å². The van der Waals surface area contributed by atoms with E-state index in [1.807, 2.05) is 6.08 Å². The summed E-state index contributed by atoms with van der Waals surface area (Å²) in [7, 11) is 0. The molecule has 0 aromatic rings. The van der Waals surface area contributed by atoms with Crippen LogP contribution in [0.2, 0.25) is 0 Å². The van der Waals surface area contributed by atoms with Gasteiger partial charge in [0.15, 0.2) is 5.78 Å². The molecule has 4 aliphatic carbocycles. The van der Waals surface area contributed by atoms with Crippen LogP contribution in [0.5, 0.6) is 0 Å². The van der Waals surface area contributed by atoms with Crippen LogP contribution in [0.15, 0.2) is 11.6 Å². The second-order valence-electron chi connectivity index (χ2n) is 9.51. The first-order valence-corrected chi connectivity index (χ1v) is 9.38. The van der Waals surface area contributed by atoms with E-state index in [-0.39, 0.29) is 27.9 Å². The number of hydrogen-bond donors (Lipinski definition) is 2. The third-order valence-electron chi connectivity index (χ3n) is 8.95. The third-order valence-corrected chi connectivity index (χ3v) is 8.95. The Labute approximate surface area is 139 Å². The second-order valence-corrected chi connectivity index (χ2v) is 9.51. The van der Waals surface area contributed by atoms with Crippen LogP contribution in [0.1, 0.15) is 72.1 Å². The lowest BCUT2D eigenvalue weighted by atomic mass is 9.39. The summed E-state index contributed by atoms with van der Waals surface area (Å²) >= 11 is 0. The number of allylic oxidation sites excluding steroid dienone is 1. The smallest absolute Gasteiger partial charge is 0.155 e. The molecule has 0 unspecified atom stereocenters. The molecular weight excluding hydrogens is 286 g/mol. The van der Waals surface area contributed by atoms with E-state index < -0.39 is 0 Å². The van der Waals surface area contributed by atoms with Gasteiger partial charge in [-0.3, -0.25) is 4.79 Å². The molecule has 0 aromatic carbocycles. The van der Waals surface area contributed by atoms with Gasteiger partial charge in [0.1, 0.15) is 0 Å². The average molecular weight is 317 g/mol. The van der Waals surface area contributed by atoms with Gasteiger partial charge in [0.25, 0.3) is 0 Å². The summed E-state index contributed by atoms with van der Waals surface area (Å²) in [6, 6.07) is 0. The zero-order valence-electron chi connectivity index (χ0n) is 14.8. The van der Waals surface area contributed by atoms with E-state index in [9.17, 15) is 9.90 Å². The highest BCUT2D eigenvalue weighted by Crippen LogP contribution is 2.71. The maximum absolute atomic E-state index is 11.9. The second kappa shape index (κ2) is 4.49. The average Bonchev–Trinajstić information content (AvgIpc) is 2.74. The summed E-state index contributed by atoms with van der Waals surface area (Å²) < 4.78 is 0. The number of ketones is 1. The van der Waals surface area contributed by atoms with Crippen LogP contribution in [-0.4, -0.2) is 22.5 Å². The summed E-state index contributed by atoms with van der Waals surface area (Å²) in [6.45, 7) is 7.00. The van der Waals surface area contributed by atoms with Crippen LogP contribution in [0, 0.1) is 22.2 Å². The van der Waals surface area contributed by atoms with Crippen molar-refractivity contribution in [1.82, 2.24) is 0 Å². The number of aliphatic hydroxyl groups excluding tert-OH is 1. The number of carbonyl (C=O) groups excluding carboxylic acids is 1. The third kappa shape index (κ3) is 1.66. The standard InChI is InChI=1S/C20H31NO2/c1-17-8-5-14(22)12-13(17)4-9-18(2)15(17)6-10-19(3)16(23)7-11-20(18,19)21/h12,15-16,23H,4-11,21H2,1-3H3/t15-,16+,17+,18-,19-,20-/m1/s1. The van der Waals surface area contributed by atoms with Crippen LogP contribution >= 0.6 is 0 Å². The van der Waals surface area contributed by atoms with Gasteiger partial charge in [0, 0.05) is 17.4 Å². The summed E-state index contributed by atoms with van der Waals surface area (Å²) in [5, 5.41) is 10.6. The number of aliphatic hydroxyl groups is 1. The molecule has 3 heteroatoms. The molecule has 4 rings (SSSR count). The van der Waals surface area contributed by atoms with Crippen molar-refractivity contribution in [1.29, 1.82) is 0 Å². The number of nitrogens with two attached hydrogens (primary N) is 1. The van der Waals surface area contributed by atoms with E-state index in [0.29, 0.717) is 18.1 Å². The van der Waals surface area contributed by atoms with Gasteiger partial charge >= 0.3 is 0 Å². The Balaban J connectivity index is 1.81. The molecule has 6 atom stereocenters. The molecule has 128 valence electrons. The van der Waals surface area contributed by atoms with Gasteiger partial charge in [-0.25, -0.2) is 0 Å². The lowest BCUT2D eigenvalue weighted by Crippen LogP contribution is -2.71. The van der Waals surface area contributed by atoms with Crippen molar-refractivity contribution in [2.24, 2.45) is 27.9 Å². The lowest BCUT2D eigenvalue weighted by molar-refractivity contribution is -0.146. The van der Waals surface area contributed by atoms with Gasteiger partial charge in [0.05, 0.1) is 6.10 Å².